The molecule has 2 N–H and O–H groups in total. The molecule has 0 radical (unpaired) electrons. The van der Waals surface area contributed by atoms with Gasteiger partial charge in [-0.2, -0.15) is 0 Å². The van der Waals surface area contributed by atoms with Gasteiger partial charge in [-0.3, -0.25) is 0 Å². The molecule has 0 spiro atoms. The third-order valence-electron chi connectivity index (χ3n) is 3.63. The first-order valence-corrected chi connectivity index (χ1v) is 6.92. The van der Waals surface area contributed by atoms with Crippen LogP contribution in [0.25, 0.3) is 0 Å². The molecule has 0 aromatic heterocycles. The van der Waals surface area contributed by atoms with Crippen LogP contribution in [-0.4, -0.2) is 20.6 Å². The summed E-state index contributed by atoms with van der Waals surface area (Å²) < 4.78 is 26.3. The van der Waals surface area contributed by atoms with E-state index in [1.54, 1.807) is 6.07 Å². The Morgan fingerprint density at radius 1 is 1.00 bits per heavy atom. The van der Waals surface area contributed by atoms with Crippen molar-refractivity contribution in [2.24, 2.45) is 5.73 Å². The number of nitrogens with two attached hydrogens (primary N) is 1. The van der Waals surface area contributed by atoms with Crippen molar-refractivity contribution < 1.29 is 8.78 Å². The number of nitrogens with zero attached hydrogens (tertiary/aromatic N) is 1. The third kappa shape index (κ3) is 3.79. The molecule has 2 aromatic rings. The minimum absolute atomic E-state index is 0.0229. The van der Waals surface area contributed by atoms with Crippen LogP contribution in [0.1, 0.15) is 17.0 Å². The Labute approximate surface area is 124 Å². The Hall–Kier alpha value is -1.94. The molecule has 0 amide bonds. The summed E-state index contributed by atoms with van der Waals surface area (Å²) in [6.45, 7) is 0.389. The molecule has 0 aliphatic heterocycles. The van der Waals surface area contributed by atoms with Crippen LogP contribution in [0.5, 0.6) is 0 Å². The van der Waals surface area contributed by atoms with Crippen molar-refractivity contribution in [3.8, 4) is 0 Å². The maximum atomic E-state index is 13.3. The molecule has 1 atom stereocenters. The second kappa shape index (κ2) is 6.68. The maximum absolute atomic E-state index is 13.3. The maximum Gasteiger partial charge on any atom is 0.159 e. The van der Waals surface area contributed by atoms with Crippen molar-refractivity contribution >= 4 is 5.69 Å². The van der Waals surface area contributed by atoms with Crippen molar-refractivity contribution in [3.05, 3.63) is 65.2 Å². The minimum Gasteiger partial charge on any atom is -0.378 e. The van der Waals surface area contributed by atoms with Gasteiger partial charge in [-0.25, -0.2) is 8.78 Å². The Morgan fingerprint density at radius 3 is 2.19 bits per heavy atom. The minimum atomic E-state index is -0.829. The lowest BCUT2D eigenvalue weighted by molar-refractivity contribution is 0.505. The molecule has 21 heavy (non-hydrogen) atoms. The van der Waals surface area contributed by atoms with Gasteiger partial charge in [0.25, 0.3) is 0 Å². The van der Waals surface area contributed by atoms with E-state index in [-0.39, 0.29) is 5.92 Å². The fourth-order valence-corrected chi connectivity index (χ4v) is 2.32. The van der Waals surface area contributed by atoms with Gasteiger partial charge < -0.3 is 10.6 Å². The van der Waals surface area contributed by atoms with Gasteiger partial charge in [-0.05, 0) is 48.4 Å². The predicted molar refractivity (Wildman–Crippen MR) is 82.6 cm³/mol. The van der Waals surface area contributed by atoms with Crippen LogP contribution >= 0.6 is 0 Å². The number of benzene rings is 2. The quantitative estimate of drug-likeness (QED) is 0.915. The molecule has 2 aromatic carbocycles. The lowest BCUT2D eigenvalue weighted by Gasteiger charge is -2.17. The summed E-state index contributed by atoms with van der Waals surface area (Å²) in [5.41, 5.74) is 8.77. The molecule has 0 aliphatic carbocycles. The Balaban J connectivity index is 2.16. The Kier molecular flexibility index (Phi) is 4.91. The molecule has 2 rings (SSSR count). The average molecular weight is 290 g/mol. The summed E-state index contributed by atoms with van der Waals surface area (Å²) in [5, 5.41) is 0. The first-order chi connectivity index (χ1) is 10.0. The summed E-state index contributed by atoms with van der Waals surface area (Å²) in [4.78, 5) is 2.03. The van der Waals surface area contributed by atoms with E-state index in [9.17, 15) is 8.78 Å². The van der Waals surface area contributed by atoms with Crippen LogP contribution in [0.4, 0.5) is 14.5 Å². The normalized spacial score (nSPS) is 12.2. The Morgan fingerprint density at radius 2 is 1.67 bits per heavy atom. The number of anilines is 1. The summed E-state index contributed by atoms with van der Waals surface area (Å²) in [6.07, 6.45) is 0.704. The standard InChI is InChI=1S/C17H20F2N2/c1-21(2)15-6-3-12(4-7-15)9-14(11-20)13-5-8-16(18)17(19)10-13/h3-8,10,14H,9,11,20H2,1-2H3. The van der Waals surface area contributed by atoms with Crippen LogP contribution in [0.15, 0.2) is 42.5 Å². The molecular weight excluding hydrogens is 270 g/mol. The Bertz CT molecular complexity index is 594. The number of halogens is 2. The average Bonchev–Trinajstić information content (AvgIpc) is 2.48. The van der Waals surface area contributed by atoms with Crippen molar-refractivity contribution in [3.63, 3.8) is 0 Å². The third-order valence-corrected chi connectivity index (χ3v) is 3.63. The second-order valence-electron chi connectivity index (χ2n) is 5.37. The highest BCUT2D eigenvalue weighted by molar-refractivity contribution is 5.46. The topological polar surface area (TPSA) is 29.3 Å². The van der Waals surface area contributed by atoms with Gasteiger partial charge in [0, 0.05) is 25.7 Å². The van der Waals surface area contributed by atoms with Gasteiger partial charge in [0.2, 0.25) is 0 Å². The summed E-state index contributed by atoms with van der Waals surface area (Å²) in [7, 11) is 3.97. The van der Waals surface area contributed by atoms with Gasteiger partial charge in [0.1, 0.15) is 0 Å². The number of hydrogen-bond donors (Lipinski definition) is 1. The highest BCUT2D eigenvalue weighted by Crippen LogP contribution is 2.23. The van der Waals surface area contributed by atoms with Crippen LogP contribution in [-0.2, 0) is 6.42 Å². The largest absolute Gasteiger partial charge is 0.378 e. The van der Waals surface area contributed by atoms with Crippen LogP contribution in [0.3, 0.4) is 0 Å². The monoisotopic (exact) mass is 290 g/mol. The van der Waals surface area contributed by atoms with Gasteiger partial charge in [-0.15, -0.1) is 0 Å². The van der Waals surface area contributed by atoms with Crippen molar-refractivity contribution in [2.45, 2.75) is 12.3 Å². The van der Waals surface area contributed by atoms with E-state index in [1.807, 2.05) is 43.3 Å². The lowest BCUT2D eigenvalue weighted by Crippen LogP contribution is -2.15. The highest BCUT2D eigenvalue weighted by atomic mass is 19.2. The van der Waals surface area contributed by atoms with E-state index < -0.39 is 11.6 Å². The summed E-state index contributed by atoms with van der Waals surface area (Å²) in [6, 6.07) is 12.1. The van der Waals surface area contributed by atoms with Crippen LogP contribution in [0, 0.1) is 11.6 Å². The molecule has 0 bridgehead atoms. The van der Waals surface area contributed by atoms with E-state index in [2.05, 4.69) is 0 Å². The molecule has 4 heteroatoms. The molecule has 0 saturated carbocycles. The molecule has 1 unspecified atom stereocenters. The lowest BCUT2D eigenvalue weighted by atomic mass is 9.92. The zero-order valence-electron chi connectivity index (χ0n) is 12.3. The van der Waals surface area contributed by atoms with E-state index in [0.717, 1.165) is 22.9 Å². The van der Waals surface area contributed by atoms with E-state index in [1.165, 1.54) is 6.07 Å². The fraction of sp³-hybridized carbons (Fsp3) is 0.294. The van der Waals surface area contributed by atoms with E-state index in [4.69, 9.17) is 5.73 Å². The zero-order chi connectivity index (χ0) is 15.4. The SMILES string of the molecule is CN(C)c1ccc(CC(CN)c2ccc(F)c(F)c2)cc1. The van der Waals surface area contributed by atoms with Crippen molar-refractivity contribution in [2.75, 3.05) is 25.5 Å². The molecule has 112 valence electrons. The van der Waals surface area contributed by atoms with Gasteiger partial charge >= 0.3 is 0 Å². The van der Waals surface area contributed by atoms with Crippen molar-refractivity contribution in [1.29, 1.82) is 0 Å². The van der Waals surface area contributed by atoms with Gasteiger partial charge in [0.15, 0.2) is 11.6 Å². The first-order valence-electron chi connectivity index (χ1n) is 6.92. The predicted octanol–water partition coefficient (Wildman–Crippen LogP) is 3.32. The number of rotatable bonds is 5. The molecule has 0 heterocycles. The molecule has 0 fully saturated rings. The van der Waals surface area contributed by atoms with E-state index >= 15 is 0 Å². The highest BCUT2D eigenvalue weighted by Gasteiger charge is 2.13. The summed E-state index contributed by atoms with van der Waals surface area (Å²) >= 11 is 0. The number of hydrogen-bond acceptors (Lipinski definition) is 2. The van der Waals surface area contributed by atoms with Crippen LogP contribution < -0.4 is 10.6 Å². The summed E-state index contributed by atoms with van der Waals surface area (Å²) in [5.74, 6) is -1.68. The molecule has 2 nitrogen and oxygen atoms in total. The molecule has 0 saturated heterocycles. The van der Waals surface area contributed by atoms with Crippen LogP contribution in [0.2, 0.25) is 0 Å². The fourth-order valence-electron chi connectivity index (χ4n) is 2.32. The zero-order valence-corrected chi connectivity index (χ0v) is 12.3. The molecule has 0 aliphatic rings. The smallest absolute Gasteiger partial charge is 0.159 e. The first kappa shape index (κ1) is 15.4. The van der Waals surface area contributed by atoms with Gasteiger partial charge in [-0.1, -0.05) is 18.2 Å². The van der Waals surface area contributed by atoms with Gasteiger partial charge in [0.05, 0.1) is 0 Å². The van der Waals surface area contributed by atoms with E-state index in [0.29, 0.717) is 13.0 Å². The molecular formula is C17H20F2N2. The second-order valence-corrected chi connectivity index (χ2v) is 5.37. The van der Waals surface area contributed by atoms with Crippen molar-refractivity contribution in [1.82, 2.24) is 0 Å².